The van der Waals surface area contributed by atoms with E-state index in [0.29, 0.717) is 18.0 Å². The van der Waals surface area contributed by atoms with Gasteiger partial charge in [-0.2, -0.15) is 0 Å². The minimum absolute atomic E-state index is 0.165. The molecule has 20 heavy (non-hydrogen) atoms. The van der Waals surface area contributed by atoms with Gasteiger partial charge in [-0.05, 0) is 24.2 Å². The zero-order valence-electron chi connectivity index (χ0n) is 11.2. The Morgan fingerprint density at radius 2 is 1.95 bits per heavy atom. The van der Waals surface area contributed by atoms with E-state index in [9.17, 15) is 8.78 Å². The van der Waals surface area contributed by atoms with Gasteiger partial charge in [0.15, 0.2) is 24.0 Å². The second-order valence-corrected chi connectivity index (χ2v) is 4.17. The van der Waals surface area contributed by atoms with Gasteiger partial charge in [-0.1, -0.05) is 6.92 Å². The van der Waals surface area contributed by atoms with Crippen molar-refractivity contribution in [3.63, 3.8) is 0 Å². The van der Waals surface area contributed by atoms with Crippen LogP contribution in [0.5, 0.6) is 5.75 Å². The molecular formula is C13H15F2N3O2. The average molecular weight is 283 g/mol. The van der Waals surface area contributed by atoms with Crippen LogP contribution in [-0.2, 0) is 13.2 Å². The number of nitrogens with zero attached hydrogens (tertiary/aromatic N) is 2. The molecule has 0 aliphatic carbocycles. The second-order valence-electron chi connectivity index (χ2n) is 4.17. The first-order valence-electron chi connectivity index (χ1n) is 6.20. The van der Waals surface area contributed by atoms with Gasteiger partial charge < -0.3 is 14.5 Å². The minimum Gasteiger partial charge on any atom is -0.478 e. The number of nitrogens with one attached hydrogen (secondary N) is 1. The van der Waals surface area contributed by atoms with E-state index >= 15 is 0 Å². The fraction of sp³-hybridized carbons (Fsp3) is 0.385. The monoisotopic (exact) mass is 283 g/mol. The SMILES string of the molecule is CCNCc1cc(F)c(OCc2nnc(C)o2)c(F)c1. The molecule has 0 radical (unpaired) electrons. The van der Waals surface area contributed by atoms with Gasteiger partial charge in [0, 0.05) is 13.5 Å². The highest BCUT2D eigenvalue weighted by atomic mass is 19.1. The summed E-state index contributed by atoms with van der Waals surface area (Å²) in [5.41, 5.74) is 0.517. The third-order valence-electron chi connectivity index (χ3n) is 2.55. The molecule has 1 N–H and O–H groups in total. The predicted octanol–water partition coefficient (Wildman–Crippen LogP) is 2.34. The summed E-state index contributed by atoms with van der Waals surface area (Å²) in [6, 6.07) is 2.47. The van der Waals surface area contributed by atoms with Gasteiger partial charge in [-0.3, -0.25) is 0 Å². The Balaban J connectivity index is 2.07. The smallest absolute Gasteiger partial charge is 0.253 e. The molecule has 0 aliphatic rings. The van der Waals surface area contributed by atoms with Crippen LogP contribution >= 0.6 is 0 Å². The van der Waals surface area contributed by atoms with Crippen LogP contribution in [0.25, 0.3) is 0 Å². The number of hydrogen-bond acceptors (Lipinski definition) is 5. The van der Waals surface area contributed by atoms with Crippen LogP contribution in [0, 0.1) is 18.6 Å². The molecule has 0 atom stereocenters. The molecule has 1 heterocycles. The van der Waals surface area contributed by atoms with Crippen molar-refractivity contribution in [1.82, 2.24) is 15.5 Å². The fourth-order valence-electron chi connectivity index (χ4n) is 1.65. The summed E-state index contributed by atoms with van der Waals surface area (Å²) in [6.07, 6.45) is 0. The summed E-state index contributed by atoms with van der Waals surface area (Å²) >= 11 is 0. The number of rotatable bonds is 6. The first kappa shape index (κ1) is 14.4. The fourth-order valence-corrected chi connectivity index (χ4v) is 1.65. The lowest BCUT2D eigenvalue weighted by atomic mass is 10.2. The Kier molecular flexibility index (Phi) is 4.62. The number of ether oxygens (including phenoxy) is 1. The summed E-state index contributed by atoms with van der Waals surface area (Å²) in [4.78, 5) is 0. The lowest BCUT2D eigenvalue weighted by molar-refractivity contribution is 0.238. The van der Waals surface area contributed by atoms with E-state index < -0.39 is 17.4 Å². The molecule has 2 rings (SSSR count). The van der Waals surface area contributed by atoms with Gasteiger partial charge in [0.25, 0.3) is 5.89 Å². The molecule has 0 fully saturated rings. The van der Waals surface area contributed by atoms with Crippen molar-refractivity contribution in [3.05, 3.63) is 41.1 Å². The highest BCUT2D eigenvalue weighted by Crippen LogP contribution is 2.24. The first-order valence-corrected chi connectivity index (χ1v) is 6.20. The molecule has 0 amide bonds. The topological polar surface area (TPSA) is 60.2 Å². The number of halogens is 2. The van der Waals surface area contributed by atoms with E-state index in [4.69, 9.17) is 9.15 Å². The Hall–Kier alpha value is -2.02. The van der Waals surface area contributed by atoms with E-state index in [-0.39, 0.29) is 12.5 Å². The van der Waals surface area contributed by atoms with E-state index in [1.54, 1.807) is 6.92 Å². The molecular weight excluding hydrogens is 268 g/mol. The quantitative estimate of drug-likeness (QED) is 0.881. The van der Waals surface area contributed by atoms with E-state index in [2.05, 4.69) is 15.5 Å². The van der Waals surface area contributed by atoms with Crippen molar-refractivity contribution < 1.29 is 17.9 Å². The molecule has 0 saturated heterocycles. The highest BCUT2D eigenvalue weighted by Gasteiger charge is 2.14. The number of aryl methyl sites for hydroxylation is 1. The van der Waals surface area contributed by atoms with Gasteiger partial charge in [0.2, 0.25) is 5.89 Å². The predicted molar refractivity (Wildman–Crippen MR) is 67.1 cm³/mol. The van der Waals surface area contributed by atoms with Crippen LogP contribution < -0.4 is 10.1 Å². The second kappa shape index (κ2) is 6.42. The lowest BCUT2D eigenvalue weighted by Crippen LogP contribution is -2.12. The molecule has 1 aromatic carbocycles. The Labute approximate surface area is 115 Å². The van der Waals surface area contributed by atoms with Crippen LogP contribution in [0.2, 0.25) is 0 Å². The maximum absolute atomic E-state index is 13.8. The number of benzene rings is 1. The highest BCUT2D eigenvalue weighted by molar-refractivity contribution is 5.31. The van der Waals surface area contributed by atoms with Crippen LogP contribution in [0.4, 0.5) is 8.78 Å². The van der Waals surface area contributed by atoms with Crippen molar-refractivity contribution in [2.45, 2.75) is 27.0 Å². The maximum Gasteiger partial charge on any atom is 0.253 e. The Bertz CT molecular complexity index is 564. The standard InChI is InChI=1S/C13H15F2N3O2/c1-3-16-6-9-4-10(14)13(11(15)5-9)19-7-12-18-17-8(2)20-12/h4-5,16H,3,6-7H2,1-2H3. The third kappa shape index (κ3) is 3.51. The Morgan fingerprint density at radius 1 is 1.25 bits per heavy atom. The molecule has 0 aliphatic heterocycles. The largest absolute Gasteiger partial charge is 0.478 e. The molecule has 0 unspecified atom stereocenters. The number of hydrogen-bond donors (Lipinski definition) is 1. The molecule has 1 aromatic heterocycles. The Morgan fingerprint density at radius 3 is 2.50 bits per heavy atom. The van der Waals surface area contributed by atoms with Gasteiger partial charge in [0.1, 0.15) is 0 Å². The van der Waals surface area contributed by atoms with Crippen molar-refractivity contribution in [2.24, 2.45) is 0 Å². The minimum atomic E-state index is -0.755. The maximum atomic E-state index is 13.8. The number of aromatic nitrogens is 2. The van der Waals surface area contributed by atoms with Gasteiger partial charge >= 0.3 is 0 Å². The van der Waals surface area contributed by atoms with Crippen LogP contribution in [-0.4, -0.2) is 16.7 Å². The molecule has 108 valence electrons. The molecule has 7 heteroatoms. The van der Waals surface area contributed by atoms with Gasteiger partial charge in [-0.25, -0.2) is 8.78 Å². The van der Waals surface area contributed by atoms with Crippen LogP contribution in [0.1, 0.15) is 24.3 Å². The van der Waals surface area contributed by atoms with E-state index in [0.717, 1.165) is 6.54 Å². The average Bonchev–Trinajstić information content (AvgIpc) is 2.81. The van der Waals surface area contributed by atoms with Gasteiger partial charge in [0.05, 0.1) is 0 Å². The summed E-state index contributed by atoms with van der Waals surface area (Å²) < 4.78 is 37.7. The molecule has 0 spiro atoms. The van der Waals surface area contributed by atoms with Crippen molar-refractivity contribution in [2.75, 3.05) is 6.54 Å². The van der Waals surface area contributed by atoms with Gasteiger partial charge in [-0.15, -0.1) is 10.2 Å². The third-order valence-corrected chi connectivity index (χ3v) is 2.55. The lowest BCUT2D eigenvalue weighted by Gasteiger charge is -2.09. The molecule has 2 aromatic rings. The van der Waals surface area contributed by atoms with Crippen molar-refractivity contribution >= 4 is 0 Å². The summed E-state index contributed by atoms with van der Waals surface area (Å²) in [5, 5.41) is 10.3. The van der Waals surface area contributed by atoms with Crippen LogP contribution in [0.15, 0.2) is 16.5 Å². The van der Waals surface area contributed by atoms with Crippen molar-refractivity contribution in [1.29, 1.82) is 0 Å². The van der Waals surface area contributed by atoms with Crippen LogP contribution in [0.3, 0.4) is 0 Å². The van der Waals surface area contributed by atoms with E-state index in [1.807, 2.05) is 6.92 Å². The van der Waals surface area contributed by atoms with E-state index in [1.165, 1.54) is 12.1 Å². The molecule has 5 nitrogen and oxygen atoms in total. The normalized spacial score (nSPS) is 10.8. The zero-order valence-corrected chi connectivity index (χ0v) is 11.2. The summed E-state index contributed by atoms with van der Waals surface area (Å²) in [5.74, 6) is -1.42. The zero-order chi connectivity index (χ0) is 14.5. The van der Waals surface area contributed by atoms with Crippen molar-refractivity contribution in [3.8, 4) is 5.75 Å². The first-order chi connectivity index (χ1) is 9.60. The molecule has 0 saturated carbocycles. The summed E-state index contributed by atoms with van der Waals surface area (Å²) in [7, 11) is 0. The summed E-state index contributed by atoms with van der Waals surface area (Å²) in [6.45, 7) is 4.47. The molecule has 0 bridgehead atoms.